The minimum Gasteiger partial charge on any atom is -0.652 e. The third-order valence-electron chi connectivity index (χ3n) is 0.894. The monoisotopic (exact) mass is 163 g/mol. The van der Waals surface area contributed by atoms with E-state index in [0.29, 0.717) is 0 Å². The maximum absolute atomic E-state index is 8.33. The molecule has 68 valence electrons. The first-order chi connectivity index (χ1) is 4.79. The number of carbonyl (C=O) groups excluding carboxylic acids is 1. The first kappa shape index (κ1) is 12.9. The van der Waals surface area contributed by atoms with E-state index in [1.54, 1.807) is 0 Å². The minimum atomic E-state index is -2.33. The first-order valence-electron chi connectivity index (χ1n) is 3.48. The average molecular weight is 163 g/mol. The van der Waals surface area contributed by atoms with Gasteiger partial charge in [0.15, 0.2) is 0 Å². The standard InChI is InChI=1S/C6H16N.CH2O3/c1-5-6-7(2,3)4;2-1(3)4/h5-6H2,1-4H3;(H2,2,3,4)/q+1;/p-1. The van der Waals surface area contributed by atoms with E-state index in [2.05, 4.69) is 28.1 Å². The van der Waals surface area contributed by atoms with E-state index in [0.717, 1.165) is 4.48 Å². The highest BCUT2D eigenvalue weighted by atomic mass is 16.6. The number of hydrogen-bond donors (Lipinski definition) is 0. The molecule has 0 aromatic heterocycles. The van der Waals surface area contributed by atoms with Gasteiger partial charge in [-0.25, -0.2) is 0 Å². The Labute approximate surface area is 69.1 Å². The molecule has 0 aromatic carbocycles. The molecule has 0 fully saturated rings. The van der Waals surface area contributed by atoms with Gasteiger partial charge >= 0.3 is 1.43 Å². The number of quaternary nitrogens is 1. The summed E-state index contributed by atoms with van der Waals surface area (Å²) in [5.41, 5.74) is 0. The van der Waals surface area contributed by atoms with E-state index in [9.17, 15) is 0 Å². The van der Waals surface area contributed by atoms with Crippen molar-refractivity contribution in [2.24, 2.45) is 0 Å². The normalized spacial score (nSPS) is 9.82. The summed E-state index contributed by atoms with van der Waals surface area (Å²) in [7, 11) is 6.64. The van der Waals surface area contributed by atoms with Crippen molar-refractivity contribution in [1.82, 2.24) is 0 Å². The largest absolute Gasteiger partial charge is 1.00 e. The van der Waals surface area contributed by atoms with Gasteiger partial charge in [-0.2, -0.15) is 0 Å². The maximum atomic E-state index is 8.33. The predicted octanol–water partition coefficient (Wildman–Crippen LogP) is -1.23. The van der Waals surface area contributed by atoms with Crippen molar-refractivity contribution in [2.45, 2.75) is 13.3 Å². The number of rotatable bonds is 2. The second-order valence-electron chi connectivity index (χ2n) is 3.26. The molecule has 11 heavy (non-hydrogen) atoms. The summed E-state index contributed by atoms with van der Waals surface area (Å²) in [4.78, 5) is 8.33. The van der Waals surface area contributed by atoms with Gasteiger partial charge in [-0.1, -0.05) is 6.92 Å². The summed E-state index contributed by atoms with van der Waals surface area (Å²) >= 11 is 0. The van der Waals surface area contributed by atoms with Gasteiger partial charge < -0.3 is 19.5 Å². The maximum Gasteiger partial charge on any atom is 1.00 e. The lowest BCUT2D eigenvalue weighted by Gasteiger charge is -2.22. The van der Waals surface area contributed by atoms with Gasteiger partial charge in [0.05, 0.1) is 27.7 Å². The smallest absolute Gasteiger partial charge is 0.652 e. The molecule has 0 radical (unpaired) electrons. The van der Waals surface area contributed by atoms with E-state index in [4.69, 9.17) is 15.0 Å². The number of hydrogen-bond acceptors (Lipinski definition) is 3. The zero-order valence-electron chi connectivity index (χ0n) is 8.59. The molecule has 0 N–H and O–H groups in total. The van der Waals surface area contributed by atoms with Crippen LogP contribution in [0.15, 0.2) is 0 Å². The summed E-state index contributed by atoms with van der Waals surface area (Å²) < 4.78 is 1.09. The van der Waals surface area contributed by atoms with Gasteiger partial charge in [-0.3, -0.25) is 0 Å². The Morgan fingerprint density at radius 3 is 1.64 bits per heavy atom. The van der Waals surface area contributed by atoms with Crippen molar-refractivity contribution in [3.05, 3.63) is 0 Å². The summed E-state index contributed by atoms with van der Waals surface area (Å²) in [6, 6.07) is 0. The molecule has 0 heterocycles. The van der Waals surface area contributed by atoms with Crippen molar-refractivity contribution in [1.29, 1.82) is 0 Å². The Bertz CT molecular complexity index is 108. The van der Waals surface area contributed by atoms with Crippen LogP contribution in [0.2, 0.25) is 0 Å². The molecule has 0 atom stereocenters. The molecule has 0 rings (SSSR count). The molecule has 0 aromatic rings. The van der Waals surface area contributed by atoms with E-state index in [1.807, 2.05) is 0 Å². The van der Waals surface area contributed by atoms with Crippen LogP contribution in [0, 0.1) is 0 Å². The van der Waals surface area contributed by atoms with Crippen LogP contribution in [0.25, 0.3) is 0 Å². The van der Waals surface area contributed by atoms with Crippen LogP contribution in [0.3, 0.4) is 0 Å². The Hall–Kier alpha value is -0.770. The SMILES string of the molecule is CCC[N+](C)(C)C.O=C([O-])[O-].[H+]. The highest BCUT2D eigenvalue weighted by molar-refractivity contribution is 5.47. The molecule has 0 unspecified atom stereocenters. The summed E-state index contributed by atoms with van der Waals surface area (Å²) in [6.45, 7) is 3.49. The molecular formula is C7H17NO3. The summed E-state index contributed by atoms with van der Waals surface area (Å²) in [5, 5.41) is 16.7. The fraction of sp³-hybridized carbons (Fsp3) is 0.857. The molecule has 0 saturated heterocycles. The minimum absolute atomic E-state index is 0. The molecule has 0 aliphatic rings. The van der Waals surface area contributed by atoms with Crippen LogP contribution in [-0.4, -0.2) is 38.3 Å². The van der Waals surface area contributed by atoms with E-state index >= 15 is 0 Å². The highest BCUT2D eigenvalue weighted by Gasteiger charge is 2.01. The fourth-order valence-corrected chi connectivity index (χ4v) is 0.671. The van der Waals surface area contributed by atoms with Crippen molar-refractivity contribution in [3.63, 3.8) is 0 Å². The molecule has 4 nitrogen and oxygen atoms in total. The topological polar surface area (TPSA) is 63.2 Å². The van der Waals surface area contributed by atoms with Crippen LogP contribution in [0.1, 0.15) is 14.8 Å². The second kappa shape index (κ2) is 5.97. The van der Waals surface area contributed by atoms with Gasteiger partial charge in [0, 0.05) is 0 Å². The van der Waals surface area contributed by atoms with Gasteiger partial charge in [0.1, 0.15) is 0 Å². The first-order valence-corrected chi connectivity index (χ1v) is 3.48. The Morgan fingerprint density at radius 2 is 1.64 bits per heavy atom. The molecule has 0 amide bonds. The predicted molar refractivity (Wildman–Crippen MR) is 39.7 cm³/mol. The van der Waals surface area contributed by atoms with Gasteiger partial charge in [-0.15, -0.1) is 0 Å². The molecule has 0 saturated carbocycles. The van der Waals surface area contributed by atoms with Gasteiger partial charge in [0.2, 0.25) is 0 Å². The quantitative estimate of drug-likeness (QED) is 0.479. The van der Waals surface area contributed by atoms with E-state index in [1.165, 1.54) is 13.0 Å². The molecule has 0 aliphatic carbocycles. The van der Waals surface area contributed by atoms with E-state index < -0.39 is 6.16 Å². The number of carboxylic acid groups (broad SMARTS) is 2. The molecular weight excluding hydrogens is 146 g/mol. The van der Waals surface area contributed by atoms with Crippen LogP contribution < -0.4 is 10.2 Å². The Kier molecular flexibility index (Phi) is 6.99. The summed E-state index contributed by atoms with van der Waals surface area (Å²) in [5.74, 6) is 0. The van der Waals surface area contributed by atoms with Crippen LogP contribution in [-0.2, 0) is 0 Å². The van der Waals surface area contributed by atoms with Crippen molar-refractivity contribution in [2.75, 3.05) is 27.7 Å². The lowest BCUT2D eigenvalue weighted by atomic mass is 10.4. The fourth-order valence-electron chi connectivity index (χ4n) is 0.671. The molecule has 0 spiro atoms. The average Bonchev–Trinajstić information content (AvgIpc) is 1.58. The zero-order valence-corrected chi connectivity index (χ0v) is 7.59. The van der Waals surface area contributed by atoms with Gasteiger partial charge in [0.25, 0.3) is 0 Å². The Morgan fingerprint density at radius 1 is 1.36 bits per heavy atom. The van der Waals surface area contributed by atoms with E-state index in [-0.39, 0.29) is 1.43 Å². The van der Waals surface area contributed by atoms with Crippen molar-refractivity contribution >= 4 is 6.16 Å². The lowest BCUT2D eigenvalue weighted by Crippen LogP contribution is -2.37. The third kappa shape index (κ3) is 46.2. The highest BCUT2D eigenvalue weighted by Crippen LogP contribution is 1.90. The van der Waals surface area contributed by atoms with Crippen molar-refractivity contribution in [3.8, 4) is 0 Å². The van der Waals surface area contributed by atoms with Gasteiger partial charge in [-0.05, 0) is 12.6 Å². The van der Waals surface area contributed by atoms with Crippen molar-refractivity contribution < 1.29 is 20.9 Å². The molecule has 0 bridgehead atoms. The molecule has 4 heteroatoms. The van der Waals surface area contributed by atoms with Crippen LogP contribution in [0.4, 0.5) is 4.79 Å². The Balaban J connectivity index is -0.000000142. The lowest BCUT2D eigenvalue weighted by molar-refractivity contribution is -0.870. The second-order valence-corrected chi connectivity index (χ2v) is 3.26. The summed E-state index contributed by atoms with van der Waals surface area (Å²) in [6.07, 6.45) is -1.05. The zero-order chi connectivity index (χ0) is 9.49. The number of carbonyl (C=O) groups is 1. The molecule has 0 aliphatic heterocycles. The number of nitrogens with zero attached hydrogens (tertiary/aromatic N) is 1. The van der Waals surface area contributed by atoms with Crippen LogP contribution in [0.5, 0.6) is 0 Å². The van der Waals surface area contributed by atoms with Crippen LogP contribution >= 0.6 is 0 Å². The third-order valence-corrected chi connectivity index (χ3v) is 0.894.